The highest BCUT2D eigenvalue weighted by atomic mass is 16.5. The molecular weight excluding hydrogens is 166 g/mol. The third-order valence-corrected chi connectivity index (χ3v) is 2.22. The molecule has 1 heterocycles. The van der Waals surface area contributed by atoms with Crippen LogP contribution >= 0.6 is 0 Å². The molecule has 1 amide bonds. The summed E-state index contributed by atoms with van der Waals surface area (Å²) in [6.07, 6.45) is 0. The van der Waals surface area contributed by atoms with Gasteiger partial charge >= 0.3 is 0 Å². The number of ether oxygens (including phenoxy) is 1. The van der Waals surface area contributed by atoms with Crippen molar-refractivity contribution in [3.05, 3.63) is 0 Å². The predicted octanol–water partition coefficient (Wildman–Crippen LogP) is 1.43. The summed E-state index contributed by atoms with van der Waals surface area (Å²) in [5.74, 6) is 0.642. The second kappa shape index (κ2) is 5.22. The first-order chi connectivity index (χ1) is 5.61. The number of hydrogen-bond donors (Lipinski definition) is 1. The molecule has 0 aromatic carbocycles. The van der Waals surface area contributed by atoms with Crippen LogP contribution in [0.5, 0.6) is 0 Å². The Bertz CT molecular complexity index is 168. The van der Waals surface area contributed by atoms with Gasteiger partial charge < -0.3 is 10.1 Å². The number of amides is 1. The predicted molar refractivity (Wildman–Crippen MR) is 53.5 cm³/mol. The number of nitrogens with one attached hydrogen (secondary N) is 1. The number of rotatable bonds is 2. The number of hydrogen-bond acceptors (Lipinski definition) is 2. The second-order valence-corrected chi connectivity index (χ2v) is 3.78. The molecule has 1 fully saturated rings. The van der Waals surface area contributed by atoms with Crippen LogP contribution in [0.2, 0.25) is 0 Å². The Morgan fingerprint density at radius 1 is 1.46 bits per heavy atom. The molecule has 2 unspecified atom stereocenters. The first kappa shape index (κ1) is 12.4. The highest BCUT2D eigenvalue weighted by molar-refractivity contribution is 5.78. The Morgan fingerprint density at radius 2 is 2.08 bits per heavy atom. The fourth-order valence-corrected chi connectivity index (χ4v) is 1.19. The Balaban J connectivity index is 0.00000144. The van der Waals surface area contributed by atoms with Crippen molar-refractivity contribution in [3.8, 4) is 0 Å². The molecule has 0 aromatic heterocycles. The van der Waals surface area contributed by atoms with E-state index in [-0.39, 0.29) is 25.3 Å². The van der Waals surface area contributed by atoms with Crippen molar-refractivity contribution >= 4 is 5.91 Å². The summed E-state index contributed by atoms with van der Waals surface area (Å²) >= 11 is 0. The van der Waals surface area contributed by atoms with Gasteiger partial charge in [0, 0.05) is 11.8 Å². The summed E-state index contributed by atoms with van der Waals surface area (Å²) in [4.78, 5) is 11.3. The van der Waals surface area contributed by atoms with E-state index in [0.29, 0.717) is 12.5 Å². The first-order valence-electron chi connectivity index (χ1n) is 4.49. The topological polar surface area (TPSA) is 38.3 Å². The van der Waals surface area contributed by atoms with Gasteiger partial charge in [-0.2, -0.15) is 0 Å². The molecule has 0 aromatic rings. The van der Waals surface area contributed by atoms with Gasteiger partial charge in [-0.05, 0) is 0 Å². The molecule has 3 heteroatoms. The van der Waals surface area contributed by atoms with Crippen LogP contribution in [0.4, 0.5) is 0 Å². The lowest BCUT2D eigenvalue weighted by Crippen LogP contribution is -2.41. The molecule has 0 aliphatic carbocycles. The van der Waals surface area contributed by atoms with E-state index in [9.17, 15) is 4.79 Å². The van der Waals surface area contributed by atoms with Gasteiger partial charge in [0.25, 0.3) is 0 Å². The van der Waals surface area contributed by atoms with E-state index in [1.165, 1.54) is 0 Å². The molecule has 1 saturated heterocycles. The van der Waals surface area contributed by atoms with Crippen LogP contribution in [0.25, 0.3) is 0 Å². The summed E-state index contributed by atoms with van der Waals surface area (Å²) in [5, 5.41) is 2.96. The average molecular weight is 187 g/mol. The summed E-state index contributed by atoms with van der Waals surface area (Å²) < 4.78 is 5.24. The molecule has 2 atom stereocenters. The highest BCUT2D eigenvalue weighted by Crippen LogP contribution is 2.12. The van der Waals surface area contributed by atoms with Gasteiger partial charge in [-0.15, -0.1) is 0 Å². The van der Waals surface area contributed by atoms with E-state index in [2.05, 4.69) is 12.2 Å². The van der Waals surface area contributed by atoms with Crippen LogP contribution in [-0.4, -0.2) is 25.2 Å². The van der Waals surface area contributed by atoms with Crippen molar-refractivity contribution in [2.45, 2.75) is 34.2 Å². The largest absolute Gasteiger partial charge is 0.379 e. The van der Waals surface area contributed by atoms with Crippen LogP contribution < -0.4 is 5.32 Å². The van der Waals surface area contributed by atoms with E-state index < -0.39 is 0 Å². The van der Waals surface area contributed by atoms with E-state index in [1.54, 1.807) is 0 Å². The lowest BCUT2D eigenvalue weighted by atomic mass is 10.1. The third-order valence-electron chi connectivity index (χ3n) is 2.22. The van der Waals surface area contributed by atoms with E-state index in [0.717, 1.165) is 6.61 Å². The summed E-state index contributed by atoms with van der Waals surface area (Å²) in [7, 11) is 0. The lowest BCUT2D eigenvalue weighted by molar-refractivity contribution is -0.124. The maximum atomic E-state index is 11.3. The molecule has 13 heavy (non-hydrogen) atoms. The maximum Gasteiger partial charge on any atom is 0.222 e. The van der Waals surface area contributed by atoms with Crippen LogP contribution in [0.15, 0.2) is 0 Å². The molecule has 78 valence electrons. The zero-order chi connectivity index (χ0) is 9.14. The van der Waals surface area contributed by atoms with Crippen molar-refractivity contribution in [3.63, 3.8) is 0 Å². The maximum absolute atomic E-state index is 11.3. The minimum absolute atomic E-state index is 0. The molecule has 1 N–H and O–H groups in total. The van der Waals surface area contributed by atoms with Crippen LogP contribution in [-0.2, 0) is 9.53 Å². The Morgan fingerprint density at radius 3 is 2.46 bits per heavy atom. The number of carbonyl (C=O) groups excluding carboxylic acids is 1. The van der Waals surface area contributed by atoms with Gasteiger partial charge in [-0.1, -0.05) is 28.2 Å². The molecule has 0 bridgehead atoms. The fraction of sp³-hybridized carbons (Fsp3) is 0.900. The first-order valence-corrected chi connectivity index (χ1v) is 4.49. The SMILES string of the molecule is C.CC(C)C(=O)NC1COCC1C. The molecule has 1 rings (SSSR count). The molecule has 0 saturated carbocycles. The smallest absolute Gasteiger partial charge is 0.222 e. The summed E-state index contributed by atoms with van der Waals surface area (Å²) in [6, 6.07) is 0.222. The highest BCUT2D eigenvalue weighted by Gasteiger charge is 2.26. The molecule has 0 radical (unpaired) electrons. The van der Waals surface area contributed by atoms with E-state index >= 15 is 0 Å². The normalized spacial score (nSPS) is 27.1. The molecule has 0 spiro atoms. The number of carbonyl (C=O) groups is 1. The van der Waals surface area contributed by atoms with E-state index in [4.69, 9.17) is 4.74 Å². The van der Waals surface area contributed by atoms with Crippen molar-refractivity contribution in [1.29, 1.82) is 0 Å². The Hall–Kier alpha value is -0.570. The van der Waals surface area contributed by atoms with Crippen LogP contribution in [0, 0.1) is 11.8 Å². The summed E-state index contributed by atoms with van der Waals surface area (Å²) in [6.45, 7) is 7.33. The molecular formula is C10H21NO2. The summed E-state index contributed by atoms with van der Waals surface area (Å²) in [5.41, 5.74) is 0. The standard InChI is InChI=1S/C9H17NO2.CH4/c1-6(2)9(11)10-8-5-12-4-7(8)3;/h6-8H,4-5H2,1-3H3,(H,10,11);1H4. The Labute approximate surface area is 80.8 Å². The van der Waals surface area contributed by atoms with Gasteiger partial charge in [0.05, 0.1) is 19.3 Å². The van der Waals surface area contributed by atoms with Crippen LogP contribution in [0.1, 0.15) is 28.2 Å². The molecule has 1 aliphatic rings. The fourth-order valence-electron chi connectivity index (χ4n) is 1.19. The second-order valence-electron chi connectivity index (χ2n) is 3.78. The zero-order valence-electron chi connectivity index (χ0n) is 7.96. The van der Waals surface area contributed by atoms with Gasteiger partial charge in [0.2, 0.25) is 5.91 Å². The van der Waals surface area contributed by atoms with Gasteiger partial charge in [-0.3, -0.25) is 4.79 Å². The third kappa shape index (κ3) is 3.35. The van der Waals surface area contributed by atoms with Crippen molar-refractivity contribution in [1.82, 2.24) is 5.32 Å². The van der Waals surface area contributed by atoms with Crippen LogP contribution in [0.3, 0.4) is 0 Å². The van der Waals surface area contributed by atoms with Crippen molar-refractivity contribution in [2.24, 2.45) is 11.8 Å². The minimum Gasteiger partial charge on any atom is -0.379 e. The van der Waals surface area contributed by atoms with Crippen molar-refractivity contribution in [2.75, 3.05) is 13.2 Å². The van der Waals surface area contributed by atoms with Gasteiger partial charge in [0.1, 0.15) is 0 Å². The zero-order valence-corrected chi connectivity index (χ0v) is 7.96. The molecule has 1 aliphatic heterocycles. The van der Waals surface area contributed by atoms with Gasteiger partial charge in [0.15, 0.2) is 0 Å². The van der Waals surface area contributed by atoms with Gasteiger partial charge in [-0.25, -0.2) is 0 Å². The van der Waals surface area contributed by atoms with E-state index in [1.807, 2.05) is 13.8 Å². The monoisotopic (exact) mass is 187 g/mol. The molecule has 3 nitrogen and oxygen atoms in total. The Kier molecular flexibility index (Phi) is 4.99. The van der Waals surface area contributed by atoms with Crippen molar-refractivity contribution < 1.29 is 9.53 Å². The minimum atomic E-state index is 0. The quantitative estimate of drug-likeness (QED) is 0.710. The average Bonchev–Trinajstić information content (AvgIpc) is 2.36. The lowest BCUT2D eigenvalue weighted by Gasteiger charge is -2.16.